The van der Waals surface area contributed by atoms with Crippen molar-refractivity contribution in [2.75, 3.05) is 6.54 Å². The number of hydrogen-bond acceptors (Lipinski definition) is 6. The van der Waals surface area contributed by atoms with Gasteiger partial charge in [-0.1, -0.05) is 18.2 Å². The first-order valence-corrected chi connectivity index (χ1v) is 11.2. The van der Waals surface area contributed by atoms with E-state index >= 15 is 0 Å². The first kappa shape index (κ1) is 25.2. The fourth-order valence-corrected chi connectivity index (χ4v) is 4.07. The zero-order chi connectivity index (χ0) is 25.0. The van der Waals surface area contributed by atoms with Crippen LogP contribution in [-0.4, -0.2) is 80.6 Å². The number of carbonyl (C=O) groups is 4. The van der Waals surface area contributed by atoms with Crippen LogP contribution in [0.1, 0.15) is 32.3 Å². The molecule has 3 amide bonds. The van der Waals surface area contributed by atoms with Crippen molar-refractivity contribution in [3.05, 3.63) is 36.0 Å². The van der Waals surface area contributed by atoms with Crippen molar-refractivity contribution in [1.82, 2.24) is 20.5 Å². The molecule has 0 saturated carbocycles. The van der Waals surface area contributed by atoms with Gasteiger partial charge >= 0.3 is 5.97 Å². The SMILES string of the molecule is CC(NC(=O)C(Cc1c[nH]c2ccccc12)NC(=O)C1CCCN1C(=O)C(N)C(C)O)C(=O)O. The molecule has 184 valence electrons. The normalized spacial score (nSPS) is 19.3. The van der Waals surface area contributed by atoms with Gasteiger partial charge in [-0.05, 0) is 38.3 Å². The molecular weight excluding hydrogens is 442 g/mol. The number of likely N-dealkylation sites (tertiary alicyclic amines) is 1. The van der Waals surface area contributed by atoms with Crippen molar-refractivity contribution in [2.45, 2.75) is 63.4 Å². The lowest BCUT2D eigenvalue weighted by atomic mass is 10.0. The van der Waals surface area contributed by atoms with Crippen LogP contribution < -0.4 is 16.4 Å². The van der Waals surface area contributed by atoms with Crippen LogP contribution >= 0.6 is 0 Å². The molecule has 5 unspecified atom stereocenters. The average Bonchev–Trinajstić information content (AvgIpc) is 3.45. The number of aliphatic hydroxyl groups excluding tert-OH is 1. The lowest BCUT2D eigenvalue weighted by Gasteiger charge is -2.29. The summed E-state index contributed by atoms with van der Waals surface area (Å²) < 4.78 is 0. The lowest BCUT2D eigenvalue weighted by Crippen LogP contribution is -2.57. The Morgan fingerprint density at radius 3 is 2.59 bits per heavy atom. The quantitative estimate of drug-likeness (QED) is 0.284. The number of aromatic amines is 1. The Balaban J connectivity index is 1.81. The van der Waals surface area contributed by atoms with E-state index in [0.717, 1.165) is 16.5 Å². The number of nitrogens with one attached hydrogen (secondary N) is 3. The summed E-state index contributed by atoms with van der Waals surface area (Å²) in [6.45, 7) is 3.05. The maximum Gasteiger partial charge on any atom is 0.325 e. The number of H-pyrrole nitrogens is 1. The number of carboxylic acids is 1. The largest absolute Gasteiger partial charge is 0.480 e. The molecule has 1 aliphatic heterocycles. The number of aliphatic carboxylic acids is 1. The van der Waals surface area contributed by atoms with Crippen LogP contribution in [0.25, 0.3) is 10.9 Å². The van der Waals surface area contributed by atoms with E-state index < -0.39 is 54.0 Å². The topological polar surface area (TPSA) is 178 Å². The van der Waals surface area contributed by atoms with Crippen LogP contribution in [0.15, 0.2) is 30.5 Å². The van der Waals surface area contributed by atoms with Crippen molar-refractivity contribution in [3.8, 4) is 0 Å². The number of nitrogens with two attached hydrogens (primary N) is 1. The fourth-order valence-electron chi connectivity index (χ4n) is 4.07. The van der Waals surface area contributed by atoms with E-state index in [4.69, 9.17) is 5.73 Å². The van der Waals surface area contributed by atoms with Crippen molar-refractivity contribution < 1.29 is 29.4 Å². The van der Waals surface area contributed by atoms with E-state index in [9.17, 15) is 29.4 Å². The number of aromatic nitrogens is 1. The summed E-state index contributed by atoms with van der Waals surface area (Å²) in [7, 11) is 0. The summed E-state index contributed by atoms with van der Waals surface area (Å²) in [6, 6.07) is 3.27. The fraction of sp³-hybridized carbons (Fsp3) is 0.478. The highest BCUT2D eigenvalue weighted by atomic mass is 16.4. The van der Waals surface area contributed by atoms with Crippen molar-refractivity contribution in [2.24, 2.45) is 5.73 Å². The molecule has 1 aromatic heterocycles. The molecule has 3 rings (SSSR count). The van der Waals surface area contributed by atoms with Gasteiger partial charge in [0.15, 0.2) is 0 Å². The van der Waals surface area contributed by atoms with Crippen LogP contribution in [-0.2, 0) is 25.6 Å². The molecule has 1 aromatic carbocycles. The summed E-state index contributed by atoms with van der Waals surface area (Å²) >= 11 is 0. The zero-order valence-electron chi connectivity index (χ0n) is 19.2. The molecule has 1 saturated heterocycles. The lowest BCUT2D eigenvalue weighted by molar-refractivity contribution is -0.143. The number of aliphatic hydroxyl groups is 1. The highest BCUT2D eigenvalue weighted by molar-refractivity contribution is 5.95. The van der Waals surface area contributed by atoms with Gasteiger partial charge in [-0.25, -0.2) is 0 Å². The molecule has 7 N–H and O–H groups in total. The van der Waals surface area contributed by atoms with Crippen LogP contribution in [0.4, 0.5) is 0 Å². The Labute approximate surface area is 196 Å². The molecule has 0 radical (unpaired) electrons. The standard InChI is InChI=1S/C23H31N5O6/c1-12(23(33)34)26-20(30)17(10-14-11-25-16-7-4-3-6-15(14)16)27-21(31)18-8-5-9-28(18)22(32)19(24)13(2)29/h3-4,6-7,11-13,17-19,25,29H,5,8-10,24H2,1-2H3,(H,26,30)(H,27,31)(H,33,34). The summed E-state index contributed by atoms with van der Waals surface area (Å²) in [5.41, 5.74) is 7.42. The Kier molecular flexibility index (Phi) is 7.90. The molecule has 34 heavy (non-hydrogen) atoms. The predicted molar refractivity (Wildman–Crippen MR) is 124 cm³/mol. The molecule has 5 atom stereocenters. The Morgan fingerprint density at radius 2 is 1.91 bits per heavy atom. The van der Waals surface area contributed by atoms with E-state index in [1.807, 2.05) is 24.3 Å². The number of nitrogens with zero attached hydrogens (tertiary/aromatic N) is 1. The molecule has 0 aliphatic carbocycles. The maximum atomic E-state index is 13.2. The minimum atomic E-state index is -1.20. The van der Waals surface area contributed by atoms with Crippen molar-refractivity contribution in [1.29, 1.82) is 0 Å². The van der Waals surface area contributed by atoms with Gasteiger partial charge in [0, 0.05) is 30.1 Å². The molecule has 2 aromatic rings. The summed E-state index contributed by atoms with van der Waals surface area (Å²) in [4.78, 5) is 54.5. The first-order valence-electron chi connectivity index (χ1n) is 11.2. The minimum absolute atomic E-state index is 0.113. The number of benzene rings is 1. The number of amides is 3. The number of carboxylic acid groups (broad SMARTS) is 1. The van der Waals surface area contributed by atoms with Gasteiger partial charge in [-0.3, -0.25) is 19.2 Å². The van der Waals surface area contributed by atoms with E-state index in [1.54, 1.807) is 6.20 Å². The molecule has 1 aliphatic rings. The molecule has 11 heteroatoms. The molecule has 2 heterocycles. The number of rotatable bonds is 9. The van der Waals surface area contributed by atoms with Gasteiger partial charge < -0.3 is 36.5 Å². The van der Waals surface area contributed by atoms with Crippen LogP contribution in [0.5, 0.6) is 0 Å². The van der Waals surface area contributed by atoms with E-state index in [0.29, 0.717) is 19.4 Å². The minimum Gasteiger partial charge on any atom is -0.480 e. The maximum absolute atomic E-state index is 13.2. The van der Waals surface area contributed by atoms with E-state index in [1.165, 1.54) is 18.7 Å². The third-order valence-corrected chi connectivity index (χ3v) is 6.10. The molecule has 11 nitrogen and oxygen atoms in total. The first-order chi connectivity index (χ1) is 16.1. The summed E-state index contributed by atoms with van der Waals surface area (Å²) in [5, 5.41) is 24.8. The Hall–Kier alpha value is -3.44. The number of para-hydroxylation sites is 1. The third-order valence-electron chi connectivity index (χ3n) is 6.10. The highest BCUT2D eigenvalue weighted by Crippen LogP contribution is 2.21. The average molecular weight is 474 g/mol. The smallest absolute Gasteiger partial charge is 0.325 e. The molecule has 0 spiro atoms. The second kappa shape index (κ2) is 10.7. The second-order valence-corrected chi connectivity index (χ2v) is 8.65. The highest BCUT2D eigenvalue weighted by Gasteiger charge is 2.38. The van der Waals surface area contributed by atoms with Gasteiger partial charge in [0.2, 0.25) is 17.7 Å². The number of fused-ring (bicyclic) bond motifs is 1. The number of carbonyl (C=O) groups excluding carboxylic acids is 3. The third kappa shape index (κ3) is 5.54. The zero-order valence-corrected chi connectivity index (χ0v) is 19.2. The van der Waals surface area contributed by atoms with Gasteiger partial charge in [-0.2, -0.15) is 0 Å². The Morgan fingerprint density at radius 1 is 1.21 bits per heavy atom. The summed E-state index contributed by atoms with van der Waals surface area (Å²) in [5.74, 6) is -2.92. The Bertz CT molecular complexity index is 1070. The van der Waals surface area contributed by atoms with E-state index in [-0.39, 0.29) is 6.42 Å². The van der Waals surface area contributed by atoms with Crippen LogP contribution in [0.3, 0.4) is 0 Å². The van der Waals surface area contributed by atoms with Crippen LogP contribution in [0, 0.1) is 0 Å². The second-order valence-electron chi connectivity index (χ2n) is 8.65. The predicted octanol–water partition coefficient (Wildman–Crippen LogP) is -0.516. The molecule has 0 bridgehead atoms. The van der Waals surface area contributed by atoms with Gasteiger partial charge in [0.25, 0.3) is 0 Å². The molecule has 1 fully saturated rings. The van der Waals surface area contributed by atoms with Crippen molar-refractivity contribution >= 4 is 34.6 Å². The number of hydrogen-bond donors (Lipinski definition) is 6. The van der Waals surface area contributed by atoms with Gasteiger partial charge in [-0.15, -0.1) is 0 Å². The van der Waals surface area contributed by atoms with Crippen molar-refractivity contribution in [3.63, 3.8) is 0 Å². The van der Waals surface area contributed by atoms with E-state index in [2.05, 4.69) is 15.6 Å². The van der Waals surface area contributed by atoms with Crippen LogP contribution in [0.2, 0.25) is 0 Å². The monoisotopic (exact) mass is 473 g/mol. The summed E-state index contributed by atoms with van der Waals surface area (Å²) in [6.07, 6.45) is 1.74. The van der Waals surface area contributed by atoms with Gasteiger partial charge in [0.1, 0.15) is 24.2 Å². The van der Waals surface area contributed by atoms with Gasteiger partial charge in [0.05, 0.1) is 6.10 Å². The molecular formula is C23H31N5O6.